The third-order valence-electron chi connectivity index (χ3n) is 3.70. The number of thiophene rings is 1. The van der Waals surface area contributed by atoms with Gasteiger partial charge in [0, 0.05) is 19.3 Å². The minimum absolute atomic E-state index is 0.655. The second-order valence-corrected chi connectivity index (χ2v) is 7.47. The van der Waals surface area contributed by atoms with Crippen molar-refractivity contribution in [2.24, 2.45) is 11.7 Å². The molecule has 0 bridgehead atoms. The highest BCUT2D eigenvalue weighted by Crippen LogP contribution is 2.31. The van der Waals surface area contributed by atoms with Gasteiger partial charge in [-0.1, -0.05) is 0 Å². The van der Waals surface area contributed by atoms with Crippen LogP contribution in [-0.2, 0) is 0 Å². The average Bonchev–Trinajstić information content (AvgIpc) is 2.94. The average molecular weight is 353 g/mol. The zero-order valence-corrected chi connectivity index (χ0v) is 13.5. The van der Waals surface area contributed by atoms with E-state index in [0.29, 0.717) is 5.92 Å². The van der Waals surface area contributed by atoms with Gasteiger partial charge in [0.1, 0.15) is 0 Å². The van der Waals surface area contributed by atoms with E-state index < -0.39 is 0 Å². The number of anilines is 1. The molecule has 3 rings (SSSR count). The fraction of sp³-hybridized carbons (Fsp3) is 0.429. The smallest absolute Gasteiger partial charge is 0.225 e. The van der Waals surface area contributed by atoms with Crippen LogP contribution < -0.4 is 10.6 Å². The lowest BCUT2D eigenvalue weighted by molar-refractivity contribution is 0.411. The van der Waals surface area contributed by atoms with Crippen molar-refractivity contribution < 1.29 is 0 Å². The van der Waals surface area contributed by atoms with E-state index in [1.165, 1.54) is 0 Å². The molecule has 0 saturated carbocycles. The monoisotopic (exact) mass is 352 g/mol. The summed E-state index contributed by atoms with van der Waals surface area (Å²) in [6.07, 6.45) is 4.11. The molecule has 0 atom stereocenters. The lowest BCUT2D eigenvalue weighted by Gasteiger charge is -2.31. The quantitative estimate of drug-likeness (QED) is 0.921. The summed E-state index contributed by atoms with van der Waals surface area (Å²) in [5.41, 5.74) is 6.73. The van der Waals surface area contributed by atoms with Crippen LogP contribution in [0.15, 0.2) is 28.2 Å². The van der Waals surface area contributed by atoms with Crippen LogP contribution in [0.1, 0.15) is 12.8 Å². The summed E-state index contributed by atoms with van der Waals surface area (Å²) in [6, 6.07) is 6.10. The summed E-state index contributed by atoms with van der Waals surface area (Å²) < 4.78 is 1.12. The highest BCUT2D eigenvalue weighted by molar-refractivity contribution is 9.11. The first-order valence-corrected chi connectivity index (χ1v) is 8.41. The van der Waals surface area contributed by atoms with Gasteiger partial charge in [-0.3, -0.25) is 0 Å². The summed E-state index contributed by atoms with van der Waals surface area (Å²) in [7, 11) is 0. The van der Waals surface area contributed by atoms with Crippen LogP contribution in [0.3, 0.4) is 0 Å². The number of hydrogen-bond donors (Lipinski definition) is 1. The molecule has 20 heavy (non-hydrogen) atoms. The van der Waals surface area contributed by atoms with E-state index in [2.05, 4.69) is 37.9 Å². The van der Waals surface area contributed by atoms with Gasteiger partial charge in [-0.15, -0.1) is 11.3 Å². The third-order valence-corrected chi connectivity index (χ3v) is 5.35. The van der Waals surface area contributed by atoms with Gasteiger partial charge in [-0.05, 0) is 59.4 Å². The van der Waals surface area contributed by atoms with E-state index in [9.17, 15) is 0 Å². The molecule has 2 aromatic rings. The van der Waals surface area contributed by atoms with Gasteiger partial charge in [-0.25, -0.2) is 9.97 Å². The van der Waals surface area contributed by atoms with Gasteiger partial charge < -0.3 is 10.6 Å². The summed E-state index contributed by atoms with van der Waals surface area (Å²) in [4.78, 5) is 12.6. The molecule has 6 heteroatoms. The number of piperidine rings is 1. The van der Waals surface area contributed by atoms with Crippen LogP contribution in [0.2, 0.25) is 0 Å². The summed E-state index contributed by atoms with van der Waals surface area (Å²) in [5.74, 6) is 1.49. The van der Waals surface area contributed by atoms with Gasteiger partial charge in [0.25, 0.3) is 0 Å². The maximum Gasteiger partial charge on any atom is 0.225 e. The summed E-state index contributed by atoms with van der Waals surface area (Å²) in [6.45, 7) is 2.79. The van der Waals surface area contributed by atoms with Crippen molar-refractivity contribution >= 4 is 33.2 Å². The van der Waals surface area contributed by atoms with Crippen molar-refractivity contribution in [1.29, 1.82) is 0 Å². The number of halogens is 1. The van der Waals surface area contributed by atoms with Crippen LogP contribution in [0.25, 0.3) is 10.6 Å². The Bertz CT molecular complexity index is 578. The number of nitrogens with zero attached hydrogens (tertiary/aromatic N) is 3. The molecule has 0 aliphatic carbocycles. The molecule has 1 saturated heterocycles. The lowest BCUT2D eigenvalue weighted by atomic mass is 9.97. The Balaban J connectivity index is 1.78. The number of aromatic nitrogens is 2. The van der Waals surface area contributed by atoms with Crippen LogP contribution in [0, 0.1) is 5.92 Å². The molecule has 1 fully saturated rings. The summed E-state index contributed by atoms with van der Waals surface area (Å²) >= 11 is 5.18. The molecule has 4 nitrogen and oxygen atoms in total. The topological polar surface area (TPSA) is 55.0 Å². The molecule has 0 spiro atoms. The normalized spacial score (nSPS) is 16.6. The van der Waals surface area contributed by atoms with Crippen molar-refractivity contribution in [3.05, 3.63) is 28.2 Å². The maximum atomic E-state index is 5.74. The van der Waals surface area contributed by atoms with Gasteiger partial charge in [0.2, 0.25) is 5.95 Å². The van der Waals surface area contributed by atoms with Gasteiger partial charge >= 0.3 is 0 Å². The Morgan fingerprint density at radius 2 is 2.10 bits per heavy atom. The fourth-order valence-electron chi connectivity index (χ4n) is 2.46. The minimum atomic E-state index is 0.655. The van der Waals surface area contributed by atoms with Crippen molar-refractivity contribution in [2.75, 3.05) is 24.5 Å². The Hall–Kier alpha value is -0.980. The molecule has 3 heterocycles. The molecule has 1 aliphatic heterocycles. The van der Waals surface area contributed by atoms with Gasteiger partial charge in [0.05, 0.1) is 14.4 Å². The largest absolute Gasteiger partial charge is 0.341 e. The van der Waals surface area contributed by atoms with Gasteiger partial charge in [0.15, 0.2) is 0 Å². The third kappa shape index (κ3) is 3.02. The molecule has 106 valence electrons. The van der Waals surface area contributed by atoms with Crippen LogP contribution in [0.4, 0.5) is 5.95 Å². The minimum Gasteiger partial charge on any atom is -0.341 e. The highest BCUT2D eigenvalue weighted by atomic mass is 79.9. The zero-order chi connectivity index (χ0) is 13.9. The maximum absolute atomic E-state index is 5.74. The van der Waals surface area contributed by atoms with Crippen LogP contribution in [0.5, 0.6) is 0 Å². The van der Waals surface area contributed by atoms with Crippen molar-refractivity contribution in [3.63, 3.8) is 0 Å². The Labute approximate surface area is 131 Å². The first-order chi connectivity index (χ1) is 9.76. The predicted octanol–water partition coefficient (Wildman–Crippen LogP) is 3.14. The zero-order valence-electron chi connectivity index (χ0n) is 11.1. The molecule has 0 amide bonds. The molecule has 1 aliphatic rings. The van der Waals surface area contributed by atoms with E-state index in [1.807, 2.05) is 12.3 Å². The highest BCUT2D eigenvalue weighted by Gasteiger charge is 2.20. The first kappa shape index (κ1) is 14.0. The fourth-order valence-corrected chi connectivity index (χ4v) is 3.81. The van der Waals surface area contributed by atoms with E-state index in [4.69, 9.17) is 10.7 Å². The Morgan fingerprint density at radius 1 is 1.30 bits per heavy atom. The predicted molar refractivity (Wildman–Crippen MR) is 87.0 cm³/mol. The molecule has 0 unspecified atom stereocenters. The molecule has 0 aromatic carbocycles. The molecule has 0 radical (unpaired) electrons. The Kier molecular flexibility index (Phi) is 4.33. The Morgan fingerprint density at radius 3 is 2.75 bits per heavy atom. The van der Waals surface area contributed by atoms with E-state index in [1.54, 1.807) is 11.3 Å². The molecule has 2 N–H and O–H groups in total. The molecule has 2 aromatic heterocycles. The van der Waals surface area contributed by atoms with E-state index >= 15 is 0 Å². The van der Waals surface area contributed by atoms with Crippen molar-refractivity contribution in [1.82, 2.24) is 9.97 Å². The number of hydrogen-bond acceptors (Lipinski definition) is 5. The summed E-state index contributed by atoms with van der Waals surface area (Å²) in [5, 5.41) is 0. The number of nitrogens with two attached hydrogens (primary N) is 1. The van der Waals surface area contributed by atoms with Crippen molar-refractivity contribution in [3.8, 4) is 10.6 Å². The number of rotatable bonds is 3. The van der Waals surface area contributed by atoms with Crippen LogP contribution >= 0.6 is 27.3 Å². The van der Waals surface area contributed by atoms with Gasteiger partial charge in [-0.2, -0.15) is 0 Å². The standard InChI is InChI=1S/C14H17BrN4S/c15-13-2-1-12(20-13)11-3-6-17-14(18-11)19-7-4-10(9-16)5-8-19/h1-3,6,10H,4-5,7-9,16H2. The van der Waals surface area contributed by atoms with Crippen LogP contribution in [-0.4, -0.2) is 29.6 Å². The van der Waals surface area contributed by atoms with E-state index in [-0.39, 0.29) is 0 Å². The molecular formula is C14H17BrN4S. The molecular weight excluding hydrogens is 336 g/mol. The van der Waals surface area contributed by atoms with Crippen molar-refractivity contribution in [2.45, 2.75) is 12.8 Å². The first-order valence-electron chi connectivity index (χ1n) is 6.80. The lowest BCUT2D eigenvalue weighted by Crippen LogP contribution is -2.37. The second-order valence-electron chi connectivity index (χ2n) is 5.01. The van der Waals surface area contributed by atoms with E-state index in [0.717, 1.165) is 52.8 Å². The SMILES string of the molecule is NCC1CCN(c2nccc(-c3ccc(Br)s3)n2)CC1. The second kappa shape index (κ2) is 6.20.